The Balaban J connectivity index is 2.19. The summed E-state index contributed by atoms with van der Waals surface area (Å²) in [4.78, 5) is 22.2. The van der Waals surface area contributed by atoms with Gasteiger partial charge in [-0.3, -0.25) is 14.9 Å². The van der Waals surface area contributed by atoms with Gasteiger partial charge in [-0.2, -0.15) is 13.2 Å². The number of carbonyl (C=O) groups excluding carboxylic acids is 1. The number of alkyl halides is 3. The number of hydrogen-bond donors (Lipinski definition) is 1. The van der Waals surface area contributed by atoms with Crippen LogP contribution in [0.1, 0.15) is 34.5 Å². The lowest BCUT2D eigenvalue weighted by Crippen LogP contribution is -2.27. The molecule has 0 saturated heterocycles. The smallest absolute Gasteiger partial charge is 0.345 e. The van der Waals surface area contributed by atoms with E-state index in [2.05, 4.69) is 5.32 Å². The van der Waals surface area contributed by atoms with Gasteiger partial charge in [0.25, 0.3) is 11.6 Å². The highest BCUT2D eigenvalue weighted by Crippen LogP contribution is 2.31. The highest BCUT2D eigenvalue weighted by atomic mass is 35.5. The lowest BCUT2D eigenvalue weighted by molar-refractivity contribution is -0.384. The number of non-ortho nitro benzene ring substituents is 1. The molecule has 1 amide bonds. The Hall–Kier alpha value is -2.61. The number of halogens is 4. The number of nitro groups is 1. The Morgan fingerprint density at radius 2 is 1.92 bits per heavy atom. The summed E-state index contributed by atoms with van der Waals surface area (Å²) in [5.74, 6) is -0.648. The molecule has 1 unspecified atom stereocenters. The highest BCUT2D eigenvalue weighted by molar-refractivity contribution is 6.34. The van der Waals surface area contributed by atoms with Crippen LogP contribution in [0.2, 0.25) is 5.02 Å². The van der Waals surface area contributed by atoms with Gasteiger partial charge >= 0.3 is 6.18 Å². The van der Waals surface area contributed by atoms with Gasteiger partial charge in [-0.25, -0.2) is 0 Å². The van der Waals surface area contributed by atoms with Crippen molar-refractivity contribution >= 4 is 23.2 Å². The van der Waals surface area contributed by atoms with Crippen LogP contribution < -0.4 is 5.32 Å². The zero-order chi connectivity index (χ0) is 18.8. The summed E-state index contributed by atoms with van der Waals surface area (Å²) in [5, 5.41) is 13.1. The van der Waals surface area contributed by atoms with Crippen LogP contribution in [-0.2, 0) is 6.18 Å². The van der Waals surface area contributed by atoms with E-state index >= 15 is 0 Å². The van der Waals surface area contributed by atoms with Crippen LogP contribution in [0.15, 0.2) is 42.5 Å². The van der Waals surface area contributed by atoms with Crippen molar-refractivity contribution in [3.8, 4) is 0 Å². The number of nitro benzene ring substituents is 1. The molecule has 0 bridgehead atoms. The predicted octanol–water partition coefficient (Wildman–Crippen LogP) is 4.76. The first-order valence-corrected chi connectivity index (χ1v) is 7.39. The molecule has 1 atom stereocenters. The second-order valence-corrected chi connectivity index (χ2v) is 5.65. The minimum atomic E-state index is -4.48. The van der Waals surface area contributed by atoms with Gasteiger partial charge < -0.3 is 5.32 Å². The SMILES string of the molecule is CC(NC(=O)c1ccc([N+](=O)[O-])cc1Cl)c1cccc(C(F)(F)F)c1. The van der Waals surface area contributed by atoms with Crippen molar-refractivity contribution in [2.75, 3.05) is 0 Å². The summed E-state index contributed by atoms with van der Waals surface area (Å²) >= 11 is 5.87. The first kappa shape index (κ1) is 18.7. The maximum Gasteiger partial charge on any atom is 0.416 e. The molecule has 5 nitrogen and oxygen atoms in total. The first-order chi connectivity index (χ1) is 11.6. The van der Waals surface area contributed by atoms with Gasteiger partial charge in [0.1, 0.15) is 0 Å². The number of benzene rings is 2. The van der Waals surface area contributed by atoms with Crippen LogP contribution in [0.25, 0.3) is 0 Å². The molecule has 0 fully saturated rings. The van der Waals surface area contributed by atoms with E-state index in [1.54, 1.807) is 0 Å². The molecule has 2 rings (SSSR count). The molecule has 1 N–H and O–H groups in total. The standard InChI is InChI=1S/C16H12ClF3N2O3/c1-9(10-3-2-4-11(7-10)16(18,19)20)21-15(23)13-6-5-12(22(24)25)8-14(13)17/h2-9H,1H3,(H,21,23). The summed E-state index contributed by atoms with van der Waals surface area (Å²) < 4.78 is 38.3. The Morgan fingerprint density at radius 3 is 2.48 bits per heavy atom. The molecule has 0 aromatic heterocycles. The largest absolute Gasteiger partial charge is 0.416 e. The van der Waals surface area contributed by atoms with Gasteiger partial charge in [-0.1, -0.05) is 23.7 Å². The molecular weight excluding hydrogens is 361 g/mol. The van der Waals surface area contributed by atoms with Crippen LogP contribution in [-0.4, -0.2) is 10.8 Å². The average Bonchev–Trinajstić information content (AvgIpc) is 2.53. The van der Waals surface area contributed by atoms with Gasteiger partial charge in [0.15, 0.2) is 0 Å². The van der Waals surface area contributed by atoms with Crippen LogP contribution >= 0.6 is 11.6 Å². The molecule has 0 radical (unpaired) electrons. The third-order valence-electron chi connectivity index (χ3n) is 3.47. The molecule has 25 heavy (non-hydrogen) atoms. The Bertz CT molecular complexity index is 825. The fraction of sp³-hybridized carbons (Fsp3) is 0.188. The van der Waals surface area contributed by atoms with Crippen molar-refractivity contribution in [1.29, 1.82) is 0 Å². The fourth-order valence-corrected chi connectivity index (χ4v) is 2.40. The van der Waals surface area contributed by atoms with Gasteiger partial charge in [-0.05, 0) is 30.7 Å². The Morgan fingerprint density at radius 1 is 1.24 bits per heavy atom. The molecule has 0 heterocycles. The highest BCUT2D eigenvalue weighted by Gasteiger charge is 2.30. The number of nitrogens with one attached hydrogen (secondary N) is 1. The quantitative estimate of drug-likeness (QED) is 0.621. The van der Waals surface area contributed by atoms with E-state index in [-0.39, 0.29) is 21.8 Å². The van der Waals surface area contributed by atoms with Crippen molar-refractivity contribution in [1.82, 2.24) is 5.32 Å². The zero-order valence-corrected chi connectivity index (χ0v) is 13.6. The summed E-state index contributed by atoms with van der Waals surface area (Å²) in [6.45, 7) is 1.52. The number of hydrogen-bond acceptors (Lipinski definition) is 3. The number of carbonyl (C=O) groups is 1. The molecule has 132 valence electrons. The van der Waals surface area contributed by atoms with Crippen molar-refractivity contribution in [2.45, 2.75) is 19.1 Å². The molecule has 9 heteroatoms. The second kappa shape index (κ2) is 7.10. The van der Waals surface area contributed by atoms with Crippen LogP contribution in [0.3, 0.4) is 0 Å². The average molecular weight is 373 g/mol. The molecule has 2 aromatic rings. The number of rotatable bonds is 4. The maximum atomic E-state index is 12.8. The molecule has 0 aliphatic carbocycles. The fourth-order valence-electron chi connectivity index (χ4n) is 2.14. The monoisotopic (exact) mass is 372 g/mol. The van der Waals surface area contributed by atoms with Crippen molar-refractivity contribution in [3.63, 3.8) is 0 Å². The molecule has 2 aromatic carbocycles. The van der Waals surface area contributed by atoms with Crippen molar-refractivity contribution in [3.05, 3.63) is 74.3 Å². The predicted molar refractivity (Wildman–Crippen MR) is 85.4 cm³/mol. The van der Waals surface area contributed by atoms with Crippen LogP contribution in [0, 0.1) is 10.1 Å². The molecular formula is C16H12ClF3N2O3. The van der Waals surface area contributed by atoms with E-state index < -0.39 is 28.6 Å². The molecule has 0 saturated carbocycles. The maximum absolute atomic E-state index is 12.8. The summed E-state index contributed by atoms with van der Waals surface area (Å²) in [5.41, 5.74) is -0.834. The molecule has 0 aliphatic rings. The van der Waals surface area contributed by atoms with E-state index in [4.69, 9.17) is 11.6 Å². The van der Waals surface area contributed by atoms with E-state index in [0.29, 0.717) is 0 Å². The zero-order valence-electron chi connectivity index (χ0n) is 12.8. The van der Waals surface area contributed by atoms with E-state index in [1.165, 1.54) is 25.1 Å². The minimum absolute atomic E-state index is 0.00825. The van der Waals surface area contributed by atoms with Gasteiger partial charge in [-0.15, -0.1) is 0 Å². The topological polar surface area (TPSA) is 72.2 Å². The van der Waals surface area contributed by atoms with E-state index in [9.17, 15) is 28.1 Å². The Labute approximate surface area is 145 Å². The third kappa shape index (κ3) is 4.48. The summed E-state index contributed by atoms with van der Waals surface area (Å²) in [6, 6.07) is 7.21. The van der Waals surface area contributed by atoms with E-state index in [0.717, 1.165) is 24.3 Å². The normalized spacial score (nSPS) is 12.5. The van der Waals surface area contributed by atoms with Crippen molar-refractivity contribution in [2.24, 2.45) is 0 Å². The van der Waals surface area contributed by atoms with Gasteiger partial charge in [0.2, 0.25) is 0 Å². The van der Waals surface area contributed by atoms with Gasteiger partial charge in [0, 0.05) is 12.1 Å². The summed E-state index contributed by atoms with van der Waals surface area (Å²) in [6.07, 6.45) is -4.48. The third-order valence-corrected chi connectivity index (χ3v) is 3.78. The first-order valence-electron chi connectivity index (χ1n) is 7.01. The number of amides is 1. The summed E-state index contributed by atoms with van der Waals surface area (Å²) in [7, 11) is 0. The van der Waals surface area contributed by atoms with Crippen molar-refractivity contribution < 1.29 is 22.9 Å². The van der Waals surface area contributed by atoms with Crippen LogP contribution in [0.4, 0.5) is 18.9 Å². The molecule has 0 spiro atoms. The van der Waals surface area contributed by atoms with E-state index in [1.807, 2.05) is 0 Å². The molecule has 0 aliphatic heterocycles. The van der Waals surface area contributed by atoms with Crippen LogP contribution in [0.5, 0.6) is 0 Å². The second-order valence-electron chi connectivity index (χ2n) is 5.24. The minimum Gasteiger partial charge on any atom is -0.345 e. The lowest BCUT2D eigenvalue weighted by Gasteiger charge is -2.16. The Kier molecular flexibility index (Phi) is 5.32. The van der Waals surface area contributed by atoms with Gasteiger partial charge in [0.05, 0.1) is 27.1 Å². The lowest BCUT2D eigenvalue weighted by atomic mass is 10.0. The number of nitrogens with zero attached hydrogens (tertiary/aromatic N) is 1.